The van der Waals surface area contributed by atoms with Gasteiger partial charge in [0.05, 0.1) is 0 Å². The van der Waals surface area contributed by atoms with Crippen LogP contribution in [0.5, 0.6) is 11.5 Å². The molecule has 0 bridgehead atoms. The molecule has 0 radical (unpaired) electrons. The van der Waals surface area contributed by atoms with Gasteiger partial charge in [-0.25, -0.2) is 0 Å². The van der Waals surface area contributed by atoms with E-state index in [9.17, 15) is 0 Å². The maximum absolute atomic E-state index is 5.78. The summed E-state index contributed by atoms with van der Waals surface area (Å²) in [6.07, 6.45) is 0. The Hall–Kier alpha value is -2.94. The number of para-hydroxylation sites is 1. The molecule has 122 valence electrons. The van der Waals surface area contributed by atoms with Crippen molar-refractivity contribution >= 4 is 5.69 Å². The van der Waals surface area contributed by atoms with E-state index in [2.05, 4.69) is 17.4 Å². The van der Waals surface area contributed by atoms with Gasteiger partial charge in [-0.2, -0.15) is 0 Å². The second kappa shape index (κ2) is 8.63. The molecule has 1 N–H and O–H groups in total. The lowest BCUT2D eigenvalue weighted by Crippen LogP contribution is -2.11. The molecule has 3 rings (SSSR count). The highest BCUT2D eigenvalue weighted by molar-refractivity contribution is 5.46. The average molecular weight is 319 g/mol. The van der Waals surface area contributed by atoms with E-state index in [0.717, 1.165) is 29.3 Å². The number of rotatable bonds is 8. The van der Waals surface area contributed by atoms with Gasteiger partial charge in [0.15, 0.2) is 0 Å². The van der Waals surface area contributed by atoms with Crippen molar-refractivity contribution in [2.75, 3.05) is 18.5 Å². The van der Waals surface area contributed by atoms with Crippen molar-refractivity contribution in [2.45, 2.75) is 6.61 Å². The van der Waals surface area contributed by atoms with E-state index in [1.165, 1.54) is 0 Å². The Bertz CT molecular complexity index is 712. The van der Waals surface area contributed by atoms with E-state index >= 15 is 0 Å². The molecule has 0 spiro atoms. The maximum Gasteiger partial charge on any atom is 0.119 e. The van der Waals surface area contributed by atoms with Crippen LogP contribution in [0, 0.1) is 0 Å². The normalized spacial score (nSPS) is 10.2. The van der Waals surface area contributed by atoms with Gasteiger partial charge in [0.2, 0.25) is 0 Å². The van der Waals surface area contributed by atoms with Crippen LogP contribution in [0.3, 0.4) is 0 Å². The molecule has 3 aromatic carbocycles. The van der Waals surface area contributed by atoms with Crippen molar-refractivity contribution in [1.82, 2.24) is 0 Å². The molecule has 24 heavy (non-hydrogen) atoms. The van der Waals surface area contributed by atoms with Gasteiger partial charge in [0, 0.05) is 12.2 Å². The molecule has 0 aromatic heterocycles. The summed E-state index contributed by atoms with van der Waals surface area (Å²) in [5.74, 6) is 1.76. The van der Waals surface area contributed by atoms with E-state index in [0.29, 0.717) is 13.2 Å². The first-order valence-electron chi connectivity index (χ1n) is 8.09. The molecule has 0 aliphatic carbocycles. The van der Waals surface area contributed by atoms with Gasteiger partial charge < -0.3 is 14.8 Å². The molecule has 0 heterocycles. The second-order valence-electron chi connectivity index (χ2n) is 5.39. The van der Waals surface area contributed by atoms with Crippen LogP contribution < -0.4 is 14.8 Å². The summed E-state index contributed by atoms with van der Waals surface area (Å²) in [4.78, 5) is 0. The lowest BCUT2D eigenvalue weighted by atomic mass is 10.2. The van der Waals surface area contributed by atoms with Crippen LogP contribution in [0.4, 0.5) is 5.69 Å². The molecule has 0 unspecified atom stereocenters. The Morgan fingerprint density at radius 3 is 1.96 bits per heavy atom. The Balaban J connectivity index is 1.40. The standard InChI is InChI=1S/C21H21NO2/c1-3-7-18(8-4-1)17-24-21-13-11-19(12-14-21)22-15-16-23-20-9-5-2-6-10-20/h1-14,22H,15-17H2. The molecule has 0 aliphatic heterocycles. The Labute approximate surface area is 142 Å². The summed E-state index contributed by atoms with van der Waals surface area (Å²) in [6.45, 7) is 1.95. The first-order valence-corrected chi connectivity index (χ1v) is 8.09. The molecule has 0 aliphatic rings. The highest BCUT2D eigenvalue weighted by Crippen LogP contribution is 2.17. The molecule has 3 heteroatoms. The van der Waals surface area contributed by atoms with Gasteiger partial charge >= 0.3 is 0 Å². The van der Waals surface area contributed by atoms with Gasteiger partial charge in [0.1, 0.15) is 24.7 Å². The van der Waals surface area contributed by atoms with Crippen LogP contribution in [0.15, 0.2) is 84.9 Å². The lowest BCUT2D eigenvalue weighted by Gasteiger charge is -2.10. The average Bonchev–Trinajstić information content (AvgIpc) is 2.66. The molecular weight excluding hydrogens is 298 g/mol. The molecule has 3 nitrogen and oxygen atoms in total. The SMILES string of the molecule is c1ccc(COc2ccc(NCCOc3ccccc3)cc2)cc1. The zero-order valence-electron chi connectivity index (χ0n) is 13.5. The van der Waals surface area contributed by atoms with E-state index < -0.39 is 0 Å². The summed E-state index contributed by atoms with van der Waals surface area (Å²) in [7, 11) is 0. The van der Waals surface area contributed by atoms with E-state index in [4.69, 9.17) is 9.47 Å². The zero-order valence-corrected chi connectivity index (χ0v) is 13.5. The van der Waals surface area contributed by atoms with Crippen LogP contribution in [0.1, 0.15) is 5.56 Å². The summed E-state index contributed by atoms with van der Waals surface area (Å²) < 4.78 is 11.4. The monoisotopic (exact) mass is 319 g/mol. The van der Waals surface area contributed by atoms with Gasteiger partial charge in [-0.15, -0.1) is 0 Å². The van der Waals surface area contributed by atoms with Crippen molar-refractivity contribution < 1.29 is 9.47 Å². The number of benzene rings is 3. The van der Waals surface area contributed by atoms with Crippen molar-refractivity contribution in [3.63, 3.8) is 0 Å². The molecule has 0 saturated heterocycles. The molecule has 0 amide bonds. The predicted molar refractivity (Wildman–Crippen MR) is 97.6 cm³/mol. The topological polar surface area (TPSA) is 30.5 Å². The van der Waals surface area contributed by atoms with Crippen molar-refractivity contribution in [3.8, 4) is 11.5 Å². The summed E-state index contributed by atoms with van der Waals surface area (Å²) in [5, 5.41) is 3.34. The van der Waals surface area contributed by atoms with Crippen LogP contribution in [-0.4, -0.2) is 13.2 Å². The smallest absolute Gasteiger partial charge is 0.119 e. The first kappa shape index (κ1) is 15.9. The fourth-order valence-electron chi connectivity index (χ4n) is 2.29. The molecule has 3 aromatic rings. The number of anilines is 1. The minimum absolute atomic E-state index is 0.582. The Kier molecular flexibility index (Phi) is 5.73. The van der Waals surface area contributed by atoms with Gasteiger partial charge in [0.25, 0.3) is 0 Å². The van der Waals surface area contributed by atoms with Crippen LogP contribution >= 0.6 is 0 Å². The Morgan fingerprint density at radius 1 is 0.625 bits per heavy atom. The van der Waals surface area contributed by atoms with Crippen molar-refractivity contribution in [2.24, 2.45) is 0 Å². The van der Waals surface area contributed by atoms with E-state index in [1.54, 1.807) is 0 Å². The lowest BCUT2D eigenvalue weighted by molar-refractivity contribution is 0.306. The molecule has 0 atom stereocenters. The van der Waals surface area contributed by atoms with Crippen molar-refractivity contribution in [3.05, 3.63) is 90.5 Å². The highest BCUT2D eigenvalue weighted by Gasteiger charge is 1.97. The van der Waals surface area contributed by atoms with Crippen LogP contribution in [-0.2, 0) is 6.61 Å². The fraction of sp³-hybridized carbons (Fsp3) is 0.143. The van der Waals surface area contributed by atoms with Gasteiger partial charge in [-0.1, -0.05) is 48.5 Å². The summed E-state index contributed by atoms with van der Waals surface area (Å²) in [6, 6.07) is 28.0. The van der Waals surface area contributed by atoms with Gasteiger partial charge in [-0.3, -0.25) is 0 Å². The predicted octanol–water partition coefficient (Wildman–Crippen LogP) is 4.76. The fourth-order valence-corrected chi connectivity index (χ4v) is 2.29. The molecule has 0 saturated carbocycles. The zero-order chi connectivity index (χ0) is 16.5. The molecule has 0 fully saturated rings. The number of ether oxygens (including phenoxy) is 2. The van der Waals surface area contributed by atoms with Crippen LogP contribution in [0.25, 0.3) is 0 Å². The first-order chi connectivity index (χ1) is 11.9. The third kappa shape index (κ3) is 5.06. The van der Waals surface area contributed by atoms with Crippen molar-refractivity contribution in [1.29, 1.82) is 0 Å². The second-order valence-corrected chi connectivity index (χ2v) is 5.39. The minimum Gasteiger partial charge on any atom is -0.492 e. The highest BCUT2D eigenvalue weighted by atomic mass is 16.5. The summed E-state index contributed by atoms with van der Waals surface area (Å²) >= 11 is 0. The van der Waals surface area contributed by atoms with Gasteiger partial charge in [-0.05, 0) is 42.0 Å². The third-order valence-corrected chi connectivity index (χ3v) is 3.55. The van der Waals surface area contributed by atoms with E-state index in [-0.39, 0.29) is 0 Å². The third-order valence-electron chi connectivity index (χ3n) is 3.55. The quantitative estimate of drug-likeness (QED) is 0.607. The number of hydrogen-bond acceptors (Lipinski definition) is 3. The largest absolute Gasteiger partial charge is 0.492 e. The maximum atomic E-state index is 5.78. The van der Waals surface area contributed by atoms with Crippen LogP contribution in [0.2, 0.25) is 0 Å². The Morgan fingerprint density at radius 2 is 1.25 bits per heavy atom. The number of hydrogen-bond donors (Lipinski definition) is 1. The summed E-state index contributed by atoms with van der Waals surface area (Å²) in [5.41, 5.74) is 2.22. The molecular formula is C21H21NO2. The number of nitrogens with one attached hydrogen (secondary N) is 1. The minimum atomic E-state index is 0.582. The van der Waals surface area contributed by atoms with E-state index in [1.807, 2.05) is 72.8 Å².